The second-order valence-electron chi connectivity index (χ2n) is 20.7. The number of rotatable bonds is 6. The van der Waals surface area contributed by atoms with Gasteiger partial charge in [-0.1, -0.05) is 142 Å². The lowest BCUT2D eigenvalue weighted by atomic mass is 9.58. The van der Waals surface area contributed by atoms with E-state index in [2.05, 4.69) is 200 Å². The van der Waals surface area contributed by atoms with Crippen molar-refractivity contribution in [3.8, 4) is 0 Å². The summed E-state index contributed by atoms with van der Waals surface area (Å²) in [5.74, 6) is 1.72. The van der Waals surface area contributed by atoms with E-state index in [1.807, 2.05) is 0 Å². The molecule has 3 saturated heterocycles. The lowest BCUT2D eigenvalue weighted by Crippen LogP contribution is -2.54. The van der Waals surface area contributed by atoms with Gasteiger partial charge in [-0.25, -0.2) is 0 Å². The minimum Gasteiger partial charge on any atom is -0.306 e. The van der Waals surface area contributed by atoms with Gasteiger partial charge >= 0.3 is 0 Å². The fourth-order valence-electron chi connectivity index (χ4n) is 12.4. The molecule has 9 unspecified atom stereocenters. The Kier molecular flexibility index (Phi) is 12.3. The Morgan fingerprint density at radius 1 is 0.491 bits per heavy atom. The Morgan fingerprint density at radius 2 is 0.877 bits per heavy atom. The topological polar surface area (TPSA) is 36.1 Å². The molecule has 6 heterocycles. The number of hydrogen-bond donors (Lipinski definition) is 3. The highest BCUT2D eigenvalue weighted by Gasteiger charge is 2.52. The van der Waals surface area contributed by atoms with Crippen LogP contribution in [0.2, 0.25) is 0 Å². The summed E-state index contributed by atoms with van der Waals surface area (Å²) in [7, 11) is 0. The highest BCUT2D eigenvalue weighted by atomic mass is 79.9. The first-order valence-electron chi connectivity index (χ1n) is 21.3. The predicted octanol–water partition coefficient (Wildman–Crippen LogP) is 14.8. The molecule has 0 aromatic heterocycles. The maximum atomic E-state index is 4.12. The van der Waals surface area contributed by atoms with Crippen molar-refractivity contribution in [2.24, 2.45) is 16.2 Å². The van der Waals surface area contributed by atoms with E-state index in [1.54, 1.807) is 5.56 Å². The van der Waals surface area contributed by atoms with Crippen LogP contribution in [0.15, 0.2) is 104 Å². The Balaban J connectivity index is 0.000000131. The van der Waals surface area contributed by atoms with Crippen molar-refractivity contribution in [1.82, 2.24) is 16.0 Å². The summed E-state index contributed by atoms with van der Waals surface area (Å²) < 4.78 is 3.77. The third kappa shape index (κ3) is 8.32. The van der Waals surface area contributed by atoms with Gasteiger partial charge in [-0.2, -0.15) is 0 Å². The van der Waals surface area contributed by atoms with Crippen LogP contribution in [0.1, 0.15) is 170 Å². The van der Waals surface area contributed by atoms with Crippen LogP contribution in [0, 0.1) is 16.2 Å². The van der Waals surface area contributed by atoms with Crippen molar-refractivity contribution in [2.45, 2.75) is 155 Å². The largest absolute Gasteiger partial charge is 0.306 e. The second-order valence-corrected chi connectivity index (χ2v) is 23.3. The summed E-state index contributed by atoms with van der Waals surface area (Å²) in [6.45, 7) is 33.2. The Bertz CT molecular complexity index is 2060. The van der Waals surface area contributed by atoms with E-state index in [1.165, 1.54) is 77.2 Å². The zero-order valence-corrected chi connectivity index (χ0v) is 40.6. The van der Waals surface area contributed by atoms with E-state index in [0.29, 0.717) is 70.2 Å². The highest BCUT2D eigenvalue weighted by molar-refractivity contribution is 9.11. The maximum absolute atomic E-state index is 4.12. The third-order valence-corrected chi connectivity index (χ3v) is 16.3. The molecule has 3 aromatic rings. The molecule has 6 heteroatoms. The molecule has 9 atom stereocenters. The summed E-state index contributed by atoms with van der Waals surface area (Å²) in [6, 6.07) is 23.0. The minimum atomic E-state index is 0.326. The molecule has 3 N–H and O–H groups in total. The molecule has 12 rings (SSSR count). The number of benzene rings is 3. The summed E-state index contributed by atoms with van der Waals surface area (Å²) in [5.41, 5.74) is 14.0. The number of fused-ring (bicyclic) bond motifs is 6. The number of nitrogens with one attached hydrogen (secondary N) is 3. The minimum absolute atomic E-state index is 0.326. The van der Waals surface area contributed by atoms with E-state index < -0.39 is 0 Å². The van der Waals surface area contributed by atoms with Crippen molar-refractivity contribution in [3.63, 3.8) is 0 Å². The monoisotopic (exact) mass is 957 g/mol. The van der Waals surface area contributed by atoms with Crippen LogP contribution in [0.25, 0.3) is 0 Å². The van der Waals surface area contributed by atoms with Gasteiger partial charge in [0.15, 0.2) is 0 Å². The zero-order valence-electron chi connectivity index (χ0n) is 35.9. The van der Waals surface area contributed by atoms with Crippen molar-refractivity contribution < 1.29 is 0 Å². The zero-order chi connectivity index (χ0) is 41.4. The van der Waals surface area contributed by atoms with Gasteiger partial charge in [0.25, 0.3) is 0 Å². The van der Waals surface area contributed by atoms with Crippen molar-refractivity contribution in [2.75, 3.05) is 0 Å². The van der Waals surface area contributed by atoms with Gasteiger partial charge in [-0.05, 0) is 127 Å². The van der Waals surface area contributed by atoms with Gasteiger partial charge in [0.05, 0.1) is 0 Å². The molecular weight excluding hydrogens is 894 g/mol. The predicted molar refractivity (Wildman–Crippen MR) is 253 cm³/mol. The summed E-state index contributed by atoms with van der Waals surface area (Å²) in [6.07, 6.45) is 6.91. The molecule has 0 spiro atoms. The highest BCUT2D eigenvalue weighted by Crippen LogP contribution is 2.60. The molecule has 0 radical (unpaired) electrons. The molecule has 306 valence electrons. The lowest BCUT2D eigenvalue weighted by molar-refractivity contribution is 0.102. The average molecular weight is 961 g/mol. The molecule has 3 nitrogen and oxygen atoms in total. The molecule has 3 aromatic carbocycles. The van der Waals surface area contributed by atoms with Gasteiger partial charge in [0.1, 0.15) is 0 Å². The van der Waals surface area contributed by atoms with Gasteiger partial charge < -0.3 is 16.0 Å². The van der Waals surface area contributed by atoms with Crippen LogP contribution in [0.3, 0.4) is 0 Å². The summed E-state index contributed by atoms with van der Waals surface area (Å²) in [5, 5.41) is 11.5. The quantitative estimate of drug-likeness (QED) is 0.216. The number of hydrogen-bond acceptors (Lipinski definition) is 3. The Hall–Kier alpha value is -1.80. The molecular formula is C51H66Br3N3. The molecule has 57 heavy (non-hydrogen) atoms. The van der Waals surface area contributed by atoms with Crippen molar-refractivity contribution in [1.29, 1.82) is 0 Å². The smallest absolute Gasteiger partial charge is 0.0342 e. The molecule has 0 saturated carbocycles. The van der Waals surface area contributed by atoms with Gasteiger partial charge in [0.2, 0.25) is 0 Å². The van der Waals surface area contributed by atoms with E-state index >= 15 is 0 Å². The van der Waals surface area contributed by atoms with E-state index in [-0.39, 0.29) is 0 Å². The molecule has 3 aliphatic carbocycles. The molecule has 9 aliphatic rings. The molecule has 0 amide bonds. The van der Waals surface area contributed by atoms with Gasteiger partial charge in [0, 0.05) is 67.4 Å². The van der Waals surface area contributed by atoms with Crippen molar-refractivity contribution >= 4 is 47.8 Å². The van der Waals surface area contributed by atoms with E-state index in [0.717, 1.165) is 19.3 Å². The number of piperidine rings is 3. The van der Waals surface area contributed by atoms with Crippen molar-refractivity contribution in [3.05, 3.63) is 138 Å². The summed E-state index contributed by atoms with van der Waals surface area (Å²) >= 11 is 11.3. The molecule has 6 bridgehead atoms. The van der Waals surface area contributed by atoms with E-state index in [4.69, 9.17) is 0 Å². The molecule has 6 aliphatic heterocycles. The lowest BCUT2D eigenvalue weighted by Gasteiger charge is -2.55. The maximum Gasteiger partial charge on any atom is 0.0342 e. The second kappa shape index (κ2) is 16.2. The first-order chi connectivity index (χ1) is 26.7. The van der Waals surface area contributed by atoms with Gasteiger partial charge in [-0.15, -0.1) is 19.7 Å². The third-order valence-electron chi connectivity index (χ3n) is 14.2. The number of halogens is 3. The standard InChI is InChI=1S/C17H21Br2N.C17H22BrN.C17H23N/c1-9(2)7-12-16-15-11(19)6-5-10(18)14(15)13(20-12)8-17(16,3)4;1-10(2)8-13-16-15-11(6-5-7-12(15)18)14(19-13)9-17(16,3)4;1-11(2)9-14-16-13-8-6-5-7-12(13)15(18-14)10-17(16,3)4/h5-6,12-13,16,20H,1,7-8H2,2-4H3;5-7,13-14,16,19H,1,8-9H2,2-4H3;5-8,14-16,18H,1,9-10H2,2-4H3. The first-order valence-corrected chi connectivity index (χ1v) is 23.6. The fraction of sp³-hybridized carbons (Fsp3) is 0.529. The fourth-order valence-corrected chi connectivity index (χ4v) is 14.3. The average Bonchev–Trinajstić information content (AvgIpc) is 3.08. The normalized spacial score (nSPS) is 31.1. The van der Waals surface area contributed by atoms with Crippen LogP contribution in [0.4, 0.5) is 0 Å². The summed E-state index contributed by atoms with van der Waals surface area (Å²) in [4.78, 5) is 0. The Labute approximate surface area is 370 Å². The SMILES string of the molecule is C=C(C)CC1NC2CC(C)(C)C1c1c(Br)ccc(Br)c12.C=C(C)CC1NC2CC(C)(C)C1c1c(Br)cccc12.C=C(C)CC1NC2CC(C)(C)C1c1ccccc12. The Morgan fingerprint density at radius 3 is 1.42 bits per heavy atom. The van der Waals surface area contributed by atoms with Gasteiger partial charge in [-0.3, -0.25) is 0 Å². The van der Waals surface area contributed by atoms with E-state index in [9.17, 15) is 0 Å². The first kappa shape index (κ1) is 43.3. The van der Waals surface area contributed by atoms with Crippen LogP contribution < -0.4 is 16.0 Å². The van der Waals surface area contributed by atoms with Crippen LogP contribution >= 0.6 is 47.8 Å². The molecule has 3 fully saturated rings. The van der Waals surface area contributed by atoms with Crippen LogP contribution in [0.5, 0.6) is 0 Å². The van der Waals surface area contributed by atoms with Crippen LogP contribution in [-0.4, -0.2) is 18.1 Å². The van der Waals surface area contributed by atoms with Crippen LogP contribution in [-0.2, 0) is 0 Å².